The summed E-state index contributed by atoms with van der Waals surface area (Å²) in [5, 5.41) is 12.7. The van der Waals surface area contributed by atoms with E-state index in [0.29, 0.717) is 33.1 Å². The van der Waals surface area contributed by atoms with Crippen molar-refractivity contribution in [2.24, 2.45) is 0 Å². The molecular formula is C14H20Cl2N2O2S. The molecule has 0 bridgehead atoms. The second-order valence-corrected chi connectivity index (χ2v) is 7.09. The van der Waals surface area contributed by atoms with Gasteiger partial charge in [0.05, 0.1) is 16.4 Å². The van der Waals surface area contributed by atoms with Gasteiger partial charge in [0.25, 0.3) is 0 Å². The van der Waals surface area contributed by atoms with E-state index in [-0.39, 0.29) is 12.5 Å². The number of carbonyl (C=O) groups is 1. The van der Waals surface area contributed by atoms with Crippen LogP contribution in [0.4, 0.5) is 11.4 Å². The zero-order chi connectivity index (χ0) is 15.8. The average Bonchev–Trinajstić information content (AvgIpc) is 2.39. The van der Waals surface area contributed by atoms with Crippen molar-refractivity contribution in [1.29, 1.82) is 0 Å². The van der Waals surface area contributed by atoms with Crippen LogP contribution in [0.25, 0.3) is 0 Å². The maximum Gasteiger partial charge on any atom is 0.224 e. The largest absolute Gasteiger partial charge is 0.397 e. The van der Waals surface area contributed by atoms with Gasteiger partial charge in [0.15, 0.2) is 0 Å². The fourth-order valence-electron chi connectivity index (χ4n) is 1.71. The maximum absolute atomic E-state index is 11.9. The van der Waals surface area contributed by atoms with Crippen molar-refractivity contribution >= 4 is 52.2 Å². The molecule has 0 radical (unpaired) electrons. The Balaban J connectivity index is 2.38. The molecule has 1 atom stereocenters. The smallest absolute Gasteiger partial charge is 0.224 e. The number of aliphatic hydroxyl groups is 1. The number of nitrogen functional groups attached to an aromatic ring is 1. The predicted octanol–water partition coefficient (Wildman–Crippen LogP) is 3.80. The number of thioether (sulfide) groups is 1. The highest BCUT2D eigenvalue weighted by Crippen LogP contribution is 2.32. The molecule has 7 heteroatoms. The molecule has 1 unspecified atom stereocenters. The standard InChI is InChI=1S/C14H20Cl2N2O2S/c1-9(4-5-19)21-6-2-3-13(20)18-14-11(16)7-10(15)8-12(14)17/h7-9,19H,2-6,17H2,1H3,(H,18,20). The summed E-state index contributed by atoms with van der Waals surface area (Å²) in [5.74, 6) is 0.750. The van der Waals surface area contributed by atoms with Crippen LogP contribution in [0.1, 0.15) is 26.2 Å². The van der Waals surface area contributed by atoms with Crippen LogP contribution >= 0.6 is 35.0 Å². The number of amides is 1. The molecule has 0 fully saturated rings. The summed E-state index contributed by atoms with van der Waals surface area (Å²) in [6.07, 6.45) is 1.93. The summed E-state index contributed by atoms with van der Waals surface area (Å²) < 4.78 is 0. The molecule has 0 spiro atoms. The van der Waals surface area contributed by atoms with Gasteiger partial charge in [0.2, 0.25) is 5.91 Å². The summed E-state index contributed by atoms with van der Waals surface area (Å²) in [6.45, 7) is 2.26. The van der Waals surface area contributed by atoms with Gasteiger partial charge in [-0.15, -0.1) is 0 Å². The van der Waals surface area contributed by atoms with Gasteiger partial charge in [-0.05, 0) is 30.7 Å². The predicted molar refractivity (Wildman–Crippen MR) is 92.4 cm³/mol. The summed E-state index contributed by atoms with van der Waals surface area (Å²) >= 11 is 13.6. The third-order valence-corrected chi connectivity index (χ3v) is 4.68. The lowest BCUT2D eigenvalue weighted by atomic mass is 10.2. The number of hydrogen-bond acceptors (Lipinski definition) is 4. The fraction of sp³-hybridized carbons (Fsp3) is 0.500. The first-order valence-corrected chi connectivity index (χ1v) is 8.51. The Kier molecular flexibility index (Phi) is 8.26. The van der Waals surface area contributed by atoms with Gasteiger partial charge >= 0.3 is 0 Å². The maximum atomic E-state index is 11.9. The van der Waals surface area contributed by atoms with Gasteiger partial charge in [-0.3, -0.25) is 4.79 Å². The monoisotopic (exact) mass is 350 g/mol. The second kappa shape index (κ2) is 9.41. The number of nitrogens with one attached hydrogen (secondary N) is 1. The summed E-state index contributed by atoms with van der Waals surface area (Å²) in [5.41, 5.74) is 6.55. The zero-order valence-electron chi connectivity index (χ0n) is 11.9. The van der Waals surface area contributed by atoms with Crippen LogP contribution in [-0.2, 0) is 4.79 Å². The van der Waals surface area contributed by atoms with E-state index in [1.807, 2.05) is 0 Å². The Hall–Kier alpha value is -0.620. The molecule has 1 aromatic rings. The highest BCUT2D eigenvalue weighted by atomic mass is 35.5. The minimum atomic E-state index is -0.124. The molecule has 1 aromatic carbocycles. The van der Waals surface area contributed by atoms with E-state index >= 15 is 0 Å². The van der Waals surface area contributed by atoms with Crippen molar-refractivity contribution in [2.45, 2.75) is 31.4 Å². The lowest BCUT2D eigenvalue weighted by Crippen LogP contribution is -2.13. The van der Waals surface area contributed by atoms with E-state index in [9.17, 15) is 4.79 Å². The van der Waals surface area contributed by atoms with E-state index in [1.54, 1.807) is 23.9 Å². The van der Waals surface area contributed by atoms with Crippen molar-refractivity contribution in [3.63, 3.8) is 0 Å². The molecule has 0 aliphatic rings. The Morgan fingerprint density at radius 1 is 1.48 bits per heavy atom. The van der Waals surface area contributed by atoms with Crippen LogP contribution in [0.2, 0.25) is 10.0 Å². The van der Waals surface area contributed by atoms with E-state index in [0.717, 1.165) is 18.6 Å². The van der Waals surface area contributed by atoms with Crippen molar-refractivity contribution in [3.8, 4) is 0 Å². The van der Waals surface area contributed by atoms with E-state index < -0.39 is 0 Å². The topological polar surface area (TPSA) is 75.3 Å². The van der Waals surface area contributed by atoms with E-state index in [1.165, 1.54) is 0 Å². The molecule has 0 aliphatic heterocycles. The summed E-state index contributed by atoms with van der Waals surface area (Å²) in [6, 6.07) is 3.09. The van der Waals surface area contributed by atoms with Crippen LogP contribution in [0.5, 0.6) is 0 Å². The van der Waals surface area contributed by atoms with Gasteiger partial charge in [-0.2, -0.15) is 11.8 Å². The molecule has 0 heterocycles. The number of hydrogen-bond donors (Lipinski definition) is 3. The number of rotatable bonds is 8. The second-order valence-electron chi connectivity index (χ2n) is 4.70. The van der Waals surface area contributed by atoms with Gasteiger partial charge in [-0.1, -0.05) is 30.1 Å². The number of anilines is 2. The third-order valence-electron chi connectivity index (χ3n) is 2.84. The molecule has 0 saturated carbocycles. The van der Waals surface area contributed by atoms with Crippen LogP contribution in [0.15, 0.2) is 12.1 Å². The van der Waals surface area contributed by atoms with Gasteiger partial charge in [0.1, 0.15) is 0 Å². The molecule has 4 nitrogen and oxygen atoms in total. The molecule has 1 amide bonds. The van der Waals surface area contributed by atoms with Crippen molar-refractivity contribution in [1.82, 2.24) is 0 Å². The minimum absolute atomic E-state index is 0.124. The average molecular weight is 351 g/mol. The Labute approximate surface area is 139 Å². The van der Waals surface area contributed by atoms with Crippen LogP contribution in [-0.4, -0.2) is 28.6 Å². The quantitative estimate of drug-likeness (QED) is 0.492. The molecule has 118 valence electrons. The minimum Gasteiger partial charge on any atom is -0.397 e. The first kappa shape index (κ1) is 18.4. The summed E-state index contributed by atoms with van der Waals surface area (Å²) in [7, 11) is 0. The van der Waals surface area contributed by atoms with Crippen molar-refractivity contribution < 1.29 is 9.90 Å². The van der Waals surface area contributed by atoms with Gasteiger partial charge < -0.3 is 16.2 Å². The van der Waals surface area contributed by atoms with E-state index in [2.05, 4.69) is 12.2 Å². The first-order chi connectivity index (χ1) is 9.93. The first-order valence-electron chi connectivity index (χ1n) is 6.71. The fourth-order valence-corrected chi connectivity index (χ4v) is 3.25. The number of aliphatic hydroxyl groups excluding tert-OH is 1. The number of carbonyl (C=O) groups excluding carboxylic acids is 1. The highest BCUT2D eigenvalue weighted by Gasteiger charge is 2.11. The van der Waals surface area contributed by atoms with Crippen LogP contribution in [0, 0.1) is 0 Å². The van der Waals surface area contributed by atoms with E-state index in [4.69, 9.17) is 34.0 Å². The normalized spacial score (nSPS) is 12.2. The van der Waals surface area contributed by atoms with Gasteiger partial charge in [-0.25, -0.2) is 0 Å². The highest BCUT2D eigenvalue weighted by molar-refractivity contribution is 7.99. The van der Waals surface area contributed by atoms with Crippen LogP contribution < -0.4 is 11.1 Å². The summed E-state index contributed by atoms with van der Waals surface area (Å²) in [4.78, 5) is 11.9. The van der Waals surface area contributed by atoms with Crippen LogP contribution in [0.3, 0.4) is 0 Å². The van der Waals surface area contributed by atoms with Crippen molar-refractivity contribution in [3.05, 3.63) is 22.2 Å². The Bertz CT molecular complexity index is 463. The lowest BCUT2D eigenvalue weighted by Gasteiger charge is -2.11. The molecule has 0 aromatic heterocycles. The molecule has 0 saturated heterocycles. The SMILES string of the molecule is CC(CCO)SCCCC(=O)Nc1c(N)cc(Cl)cc1Cl. The molecule has 4 N–H and O–H groups in total. The van der Waals surface area contributed by atoms with Gasteiger partial charge in [0, 0.05) is 23.3 Å². The third kappa shape index (κ3) is 6.78. The number of nitrogens with two attached hydrogens (primary N) is 1. The number of benzene rings is 1. The Morgan fingerprint density at radius 2 is 2.19 bits per heavy atom. The zero-order valence-corrected chi connectivity index (χ0v) is 14.2. The molecule has 21 heavy (non-hydrogen) atoms. The Morgan fingerprint density at radius 3 is 2.81 bits per heavy atom. The molecule has 1 rings (SSSR count). The van der Waals surface area contributed by atoms with Crippen molar-refractivity contribution in [2.75, 3.05) is 23.4 Å². The molecular weight excluding hydrogens is 331 g/mol. The number of halogens is 2. The lowest BCUT2D eigenvalue weighted by molar-refractivity contribution is -0.116. The molecule has 0 aliphatic carbocycles.